The molecule has 0 atom stereocenters. The van der Waals surface area contributed by atoms with Crippen LogP contribution < -0.4 is 0 Å². The molecule has 2 nitrogen and oxygen atoms in total. The quantitative estimate of drug-likeness (QED) is 0.614. The number of ether oxygens (including phenoxy) is 1. The SMILES string of the molecule is CCCCC(=O)OCC1CCCC1. The van der Waals surface area contributed by atoms with Crippen LogP contribution in [0.5, 0.6) is 0 Å². The summed E-state index contributed by atoms with van der Waals surface area (Å²) in [6.07, 6.45) is 7.77. The van der Waals surface area contributed by atoms with E-state index in [-0.39, 0.29) is 5.97 Å². The summed E-state index contributed by atoms with van der Waals surface area (Å²) in [4.78, 5) is 11.1. The summed E-state index contributed by atoms with van der Waals surface area (Å²) in [7, 11) is 0. The fourth-order valence-corrected chi connectivity index (χ4v) is 1.78. The van der Waals surface area contributed by atoms with Crippen LogP contribution in [0, 0.1) is 5.92 Å². The van der Waals surface area contributed by atoms with Crippen LogP contribution in [0.3, 0.4) is 0 Å². The summed E-state index contributed by atoms with van der Waals surface area (Å²) in [5.74, 6) is 0.652. The highest BCUT2D eigenvalue weighted by Crippen LogP contribution is 2.24. The Hall–Kier alpha value is -0.530. The molecule has 0 aliphatic heterocycles. The van der Waals surface area contributed by atoms with E-state index < -0.39 is 0 Å². The number of hydrogen-bond donors (Lipinski definition) is 0. The van der Waals surface area contributed by atoms with Gasteiger partial charge in [-0.25, -0.2) is 0 Å². The van der Waals surface area contributed by atoms with Crippen molar-refractivity contribution in [1.29, 1.82) is 0 Å². The molecule has 0 radical (unpaired) electrons. The lowest BCUT2D eigenvalue weighted by molar-refractivity contribution is -0.145. The van der Waals surface area contributed by atoms with E-state index in [1.807, 2.05) is 0 Å². The predicted molar refractivity (Wildman–Crippen MR) is 52.4 cm³/mol. The summed E-state index contributed by atoms with van der Waals surface area (Å²) in [5.41, 5.74) is 0. The average Bonchev–Trinajstić information content (AvgIpc) is 2.64. The van der Waals surface area contributed by atoms with Crippen molar-refractivity contribution in [2.75, 3.05) is 6.61 Å². The molecule has 0 saturated heterocycles. The molecule has 0 N–H and O–H groups in total. The second kappa shape index (κ2) is 6.01. The molecule has 0 aromatic rings. The van der Waals surface area contributed by atoms with Gasteiger partial charge in [0.1, 0.15) is 0 Å². The zero-order valence-electron chi connectivity index (χ0n) is 8.55. The zero-order chi connectivity index (χ0) is 9.52. The molecule has 0 amide bonds. The van der Waals surface area contributed by atoms with Crippen molar-refractivity contribution in [2.45, 2.75) is 51.9 Å². The molecule has 0 aromatic carbocycles. The standard InChI is InChI=1S/C11H20O2/c1-2-3-8-11(12)13-9-10-6-4-5-7-10/h10H,2-9H2,1H3. The van der Waals surface area contributed by atoms with Crippen molar-refractivity contribution < 1.29 is 9.53 Å². The van der Waals surface area contributed by atoms with E-state index in [0.717, 1.165) is 12.8 Å². The molecule has 1 aliphatic rings. The number of carbonyl (C=O) groups excluding carboxylic acids is 1. The highest BCUT2D eigenvalue weighted by Gasteiger charge is 2.16. The van der Waals surface area contributed by atoms with Gasteiger partial charge in [-0.1, -0.05) is 26.2 Å². The second-order valence-electron chi connectivity index (χ2n) is 3.94. The summed E-state index contributed by atoms with van der Waals surface area (Å²) in [5, 5.41) is 0. The Kier molecular flexibility index (Phi) is 4.87. The minimum Gasteiger partial charge on any atom is -0.465 e. The molecule has 0 bridgehead atoms. The van der Waals surface area contributed by atoms with Crippen LogP contribution in [-0.4, -0.2) is 12.6 Å². The molecule has 2 heteroatoms. The molecule has 0 unspecified atom stereocenters. The van der Waals surface area contributed by atoms with Crippen molar-refractivity contribution in [3.05, 3.63) is 0 Å². The van der Waals surface area contributed by atoms with Crippen molar-refractivity contribution >= 4 is 5.97 Å². The first kappa shape index (κ1) is 10.6. The molecule has 0 heterocycles. The molecule has 1 rings (SSSR count). The summed E-state index contributed by atoms with van der Waals surface area (Å²) >= 11 is 0. The molecule has 0 aromatic heterocycles. The molecule has 1 fully saturated rings. The third-order valence-electron chi connectivity index (χ3n) is 2.69. The number of esters is 1. The first-order valence-corrected chi connectivity index (χ1v) is 5.48. The van der Waals surface area contributed by atoms with E-state index in [1.165, 1.54) is 25.7 Å². The first-order valence-electron chi connectivity index (χ1n) is 5.48. The number of rotatable bonds is 5. The lowest BCUT2D eigenvalue weighted by atomic mass is 10.1. The highest BCUT2D eigenvalue weighted by atomic mass is 16.5. The van der Waals surface area contributed by atoms with Gasteiger partial charge in [0, 0.05) is 6.42 Å². The van der Waals surface area contributed by atoms with E-state index in [2.05, 4.69) is 6.92 Å². The number of unbranched alkanes of at least 4 members (excludes halogenated alkanes) is 1. The fraction of sp³-hybridized carbons (Fsp3) is 0.909. The van der Waals surface area contributed by atoms with E-state index in [4.69, 9.17) is 4.74 Å². The Morgan fingerprint density at radius 3 is 2.69 bits per heavy atom. The topological polar surface area (TPSA) is 26.3 Å². The highest BCUT2D eigenvalue weighted by molar-refractivity contribution is 5.69. The normalized spacial score (nSPS) is 17.6. The summed E-state index contributed by atoms with van der Waals surface area (Å²) < 4.78 is 5.19. The Bertz CT molecular complexity index is 148. The maximum Gasteiger partial charge on any atom is 0.305 e. The average molecular weight is 184 g/mol. The Morgan fingerprint density at radius 1 is 1.38 bits per heavy atom. The smallest absolute Gasteiger partial charge is 0.305 e. The molecule has 13 heavy (non-hydrogen) atoms. The molecule has 1 aliphatic carbocycles. The first-order chi connectivity index (χ1) is 6.33. The van der Waals surface area contributed by atoms with Gasteiger partial charge in [-0.2, -0.15) is 0 Å². The molecular formula is C11H20O2. The van der Waals surface area contributed by atoms with Gasteiger partial charge in [0.25, 0.3) is 0 Å². The van der Waals surface area contributed by atoms with E-state index in [1.54, 1.807) is 0 Å². The van der Waals surface area contributed by atoms with E-state index in [0.29, 0.717) is 18.9 Å². The number of hydrogen-bond acceptors (Lipinski definition) is 2. The fourth-order valence-electron chi connectivity index (χ4n) is 1.78. The van der Waals surface area contributed by atoms with Crippen LogP contribution >= 0.6 is 0 Å². The van der Waals surface area contributed by atoms with Crippen LogP contribution in [0.2, 0.25) is 0 Å². The maximum atomic E-state index is 11.1. The minimum atomic E-state index is -0.00579. The van der Waals surface area contributed by atoms with Gasteiger partial charge in [-0.05, 0) is 25.2 Å². The van der Waals surface area contributed by atoms with Gasteiger partial charge >= 0.3 is 5.97 Å². The van der Waals surface area contributed by atoms with Gasteiger partial charge in [0.2, 0.25) is 0 Å². The lowest BCUT2D eigenvalue weighted by Crippen LogP contribution is -2.11. The molecule has 1 saturated carbocycles. The van der Waals surface area contributed by atoms with Gasteiger partial charge in [0.15, 0.2) is 0 Å². The van der Waals surface area contributed by atoms with E-state index >= 15 is 0 Å². The molecule has 76 valence electrons. The van der Waals surface area contributed by atoms with Gasteiger partial charge < -0.3 is 4.74 Å². The van der Waals surface area contributed by atoms with Crippen molar-refractivity contribution in [3.63, 3.8) is 0 Å². The van der Waals surface area contributed by atoms with Crippen LogP contribution in [0.25, 0.3) is 0 Å². The van der Waals surface area contributed by atoms with Gasteiger partial charge in [-0.15, -0.1) is 0 Å². The summed E-state index contributed by atoms with van der Waals surface area (Å²) in [6, 6.07) is 0. The third kappa shape index (κ3) is 4.30. The van der Waals surface area contributed by atoms with Crippen LogP contribution in [0.4, 0.5) is 0 Å². The predicted octanol–water partition coefficient (Wildman–Crippen LogP) is 2.91. The third-order valence-corrected chi connectivity index (χ3v) is 2.69. The van der Waals surface area contributed by atoms with Crippen LogP contribution in [0.1, 0.15) is 51.9 Å². The van der Waals surface area contributed by atoms with Crippen molar-refractivity contribution in [2.24, 2.45) is 5.92 Å². The number of carbonyl (C=O) groups is 1. The molecule has 0 spiro atoms. The van der Waals surface area contributed by atoms with Crippen LogP contribution in [-0.2, 0) is 9.53 Å². The largest absolute Gasteiger partial charge is 0.465 e. The molecular weight excluding hydrogens is 164 g/mol. The van der Waals surface area contributed by atoms with Crippen molar-refractivity contribution in [3.8, 4) is 0 Å². The van der Waals surface area contributed by atoms with Gasteiger partial charge in [0.05, 0.1) is 6.61 Å². The van der Waals surface area contributed by atoms with Crippen molar-refractivity contribution in [1.82, 2.24) is 0 Å². The zero-order valence-corrected chi connectivity index (χ0v) is 8.55. The minimum absolute atomic E-state index is 0.00579. The second-order valence-corrected chi connectivity index (χ2v) is 3.94. The lowest BCUT2D eigenvalue weighted by Gasteiger charge is -2.09. The van der Waals surface area contributed by atoms with Gasteiger partial charge in [-0.3, -0.25) is 4.79 Å². The Morgan fingerprint density at radius 2 is 2.08 bits per heavy atom. The van der Waals surface area contributed by atoms with E-state index in [9.17, 15) is 4.79 Å². The monoisotopic (exact) mass is 184 g/mol. The van der Waals surface area contributed by atoms with Crippen LogP contribution in [0.15, 0.2) is 0 Å². The maximum absolute atomic E-state index is 11.1. The Balaban J connectivity index is 2.00. The summed E-state index contributed by atoms with van der Waals surface area (Å²) in [6.45, 7) is 2.76. The Labute approximate surface area is 80.7 Å².